The van der Waals surface area contributed by atoms with Crippen LogP contribution in [-0.4, -0.2) is 15.4 Å². The molecule has 3 aromatic rings. The zero-order chi connectivity index (χ0) is 18.7. The first-order chi connectivity index (χ1) is 12.5. The van der Waals surface area contributed by atoms with Gasteiger partial charge >= 0.3 is 5.00 Å². The van der Waals surface area contributed by atoms with Crippen LogP contribution in [0.3, 0.4) is 0 Å². The van der Waals surface area contributed by atoms with E-state index in [1.54, 1.807) is 16.7 Å². The van der Waals surface area contributed by atoms with Crippen LogP contribution in [0.1, 0.15) is 4.88 Å². The van der Waals surface area contributed by atoms with Crippen LogP contribution in [0.5, 0.6) is 0 Å². The van der Waals surface area contributed by atoms with Crippen molar-refractivity contribution in [3.63, 3.8) is 0 Å². The highest BCUT2D eigenvalue weighted by atomic mass is 32.1. The average molecular weight is 387 g/mol. The van der Waals surface area contributed by atoms with E-state index in [1.165, 1.54) is 30.4 Å². The van der Waals surface area contributed by atoms with Crippen molar-refractivity contribution in [3.8, 4) is 12.3 Å². The number of rotatable bonds is 4. The fourth-order valence-electron chi connectivity index (χ4n) is 2.19. The lowest BCUT2D eigenvalue weighted by Gasteiger charge is -1.98. The second-order valence-electron chi connectivity index (χ2n) is 5.00. The molecule has 6 nitrogen and oxygen atoms in total. The molecule has 0 bridgehead atoms. The Morgan fingerprint density at radius 1 is 1.38 bits per heavy atom. The predicted molar refractivity (Wildman–Crippen MR) is 99.2 cm³/mol. The van der Waals surface area contributed by atoms with E-state index in [9.17, 15) is 19.3 Å². The smallest absolute Gasteiger partial charge is 0.305 e. The van der Waals surface area contributed by atoms with E-state index >= 15 is 0 Å². The SMILES string of the molecule is C#CCn1c(=NC(=O)C=Cc2ccc([N+](=O)[O-])s2)sc2cc(F)ccc21. The molecule has 0 aliphatic heterocycles. The monoisotopic (exact) mass is 387 g/mol. The van der Waals surface area contributed by atoms with Crippen LogP contribution < -0.4 is 4.80 Å². The summed E-state index contributed by atoms with van der Waals surface area (Å²) in [7, 11) is 0. The number of fused-ring (bicyclic) bond motifs is 1. The molecule has 0 saturated heterocycles. The van der Waals surface area contributed by atoms with Crippen LogP contribution >= 0.6 is 22.7 Å². The number of hydrogen-bond acceptors (Lipinski definition) is 5. The molecule has 130 valence electrons. The van der Waals surface area contributed by atoms with Crippen LogP contribution in [0, 0.1) is 28.3 Å². The van der Waals surface area contributed by atoms with Crippen molar-refractivity contribution in [3.05, 3.63) is 62.0 Å². The Hall–Kier alpha value is -3.09. The predicted octanol–water partition coefficient (Wildman–Crippen LogP) is 3.59. The number of aromatic nitrogens is 1. The summed E-state index contributed by atoms with van der Waals surface area (Å²) < 4.78 is 15.7. The molecule has 0 radical (unpaired) electrons. The van der Waals surface area contributed by atoms with E-state index in [-0.39, 0.29) is 17.4 Å². The third kappa shape index (κ3) is 3.77. The lowest BCUT2D eigenvalue weighted by Crippen LogP contribution is -2.15. The summed E-state index contributed by atoms with van der Waals surface area (Å²) in [6.45, 7) is 0.193. The molecule has 0 atom stereocenters. The summed E-state index contributed by atoms with van der Waals surface area (Å²) in [4.78, 5) is 27.2. The number of carbonyl (C=O) groups is 1. The number of nitrogens with zero attached hydrogens (tertiary/aromatic N) is 3. The molecule has 26 heavy (non-hydrogen) atoms. The summed E-state index contributed by atoms with van der Waals surface area (Å²) in [5, 5.41) is 10.7. The third-order valence-electron chi connectivity index (χ3n) is 3.28. The molecule has 0 saturated carbocycles. The topological polar surface area (TPSA) is 77.5 Å². The van der Waals surface area contributed by atoms with Gasteiger partial charge < -0.3 is 4.57 Å². The molecule has 0 aliphatic rings. The van der Waals surface area contributed by atoms with Crippen LogP contribution in [0.2, 0.25) is 0 Å². The van der Waals surface area contributed by atoms with Gasteiger partial charge in [-0.1, -0.05) is 28.6 Å². The van der Waals surface area contributed by atoms with Gasteiger partial charge in [0.25, 0.3) is 5.91 Å². The van der Waals surface area contributed by atoms with E-state index in [4.69, 9.17) is 6.42 Å². The average Bonchev–Trinajstić information content (AvgIpc) is 3.19. The number of nitro groups is 1. The van der Waals surface area contributed by atoms with Crippen LogP contribution in [0.15, 0.2) is 41.4 Å². The fourth-order valence-corrected chi connectivity index (χ4v) is 3.98. The van der Waals surface area contributed by atoms with Gasteiger partial charge in [0.15, 0.2) is 4.80 Å². The van der Waals surface area contributed by atoms with Crippen molar-refractivity contribution >= 4 is 49.9 Å². The highest BCUT2D eigenvalue weighted by Crippen LogP contribution is 2.24. The van der Waals surface area contributed by atoms with Crippen LogP contribution in [0.25, 0.3) is 16.3 Å². The maximum absolute atomic E-state index is 13.4. The van der Waals surface area contributed by atoms with Crippen molar-refractivity contribution in [1.29, 1.82) is 0 Å². The van der Waals surface area contributed by atoms with E-state index in [2.05, 4.69) is 10.9 Å². The highest BCUT2D eigenvalue weighted by Gasteiger charge is 2.09. The number of carbonyl (C=O) groups excluding carboxylic acids is 1. The Balaban J connectivity index is 1.94. The first kappa shape index (κ1) is 17.7. The lowest BCUT2D eigenvalue weighted by molar-refractivity contribution is -0.380. The standard InChI is InChI=1S/C17H10FN3O3S2/c1-2-9-20-13-6-3-11(18)10-14(13)26-17(20)19-15(22)7-4-12-5-8-16(25-12)21(23)24/h1,3-8,10H,9H2. The lowest BCUT2D eigenvalue weighted by atomic mass is 10.3. The Morgan fingerprint density at radius 2 is 2.19 bits per heavy atom. The number of halogens is 1. The van der Waals surface area contributed by atoms with Gasteiger partial charge in [0.05, 0.1) is 21.7 Å². The molecule has 0 fully saturated rings. The Kier molecular flexibility index (Phi) is 5.06. The van der Waals surface area contributed by atoms with Gasteiger partial charge in [0.1, 0.15) is 5.82 Å². The van der Waals surface area contributed by atoms with E-state index < -0.39 is 10.8 Å². The van der Waals surface area contributed by atoms with Crippen molar-refractivity contribution in [2.24, 2.45) is 4.99 Å². The van der Waals surface area contributed by atoms with Gasteiger partial charge in [-0.25, -0.2) is 4.39 Å². The minimum atomic E-state index is -0.543. The molecule has 1 amide bonds. The highest BCUT2D eigenvalue weighted by molar-refractivity contribution is 7.16. The van der Waals surface area contributed by atoms with Crippen LogP contribution in [-0.2, 0) is 11.3 Å². The maximum atomic E-state index is 13.4. The Morgan fingerprint density at radius 3 is 2.88 bits per heavy atom. The molecule has 0 aliphatic carbocycles. The summed E-state index contributed by atoms with van der Waals surface area (Å²) in [5.41, 5.74) is 0.693. The number of amides is 1. The number of thiazole rings is 1. The molecule has 2 aromatic heterocycles. The maximum Gasteiger partial charge on any atom is 0.324 e. The second kappa shape index (κ2) is 7.43. The zero-order valence-corrected chi connectivity index (χ0v) is 14.7. The molecule has 0 spiro atoms. The van der Waals surface area contributed by atoms with Crippen molar-refractivity contribution in [2.75, 3.05) is 0 Å². The molecule has 0 unspecified atom stereocenters. The molecule has 2 heterocycles. The summed E-state index contributed by atoms with van der Waals surface area (Å²) in [6.07, 6.45) is 8.05. The fraction of sp³-hybridized carbons (Fsp3) is 0.0588. The quantitative estimate of drug-likeness (QED) is 0.297. The summed E-state index contributed by atoms with van der Waals surface area (Å²) in [5.74, 6) is 1.56. The first-order valence-electron chi connectivity index (χ1n) is 7.21. The van der Waals surface area contributed by atoms with Crippen molar-refractivity contribution in [2.45, 2.75) is 6.54 Å². The van der Waals surface area contributed by atoms with Gasteiger partial charge in [0.2, 0.25) is 0 Å². The number of benzene rings is 1. The van der Waals surface area contributed by atoms with Crippen molar-refractivity contribution < 1.29 is 14.1 Å². The number of terminal acetylenes is 1. The number of hydrogen-bond donors (Lipinski definition) is 0. The van der Waals surface area contributed by atoms with E-state index in [0.717, 1.165) is 22.7 Å². The molecule has 1 aromatic carbocycles. The van der Waals surface area contributed by atoms with E-state index in [0.29, 0.717) is 19.9 Å². The zero-order valence-electron chi connectivity index (χ0n) is 13.1. The Labute approximate surface area is 154 Å². The van der Waals surface area contributed by atoms with Crippen LogP contribution in [0.4, 0.5) is 9.39 Å². The van der Waals surface area contributed by atoms with E-state index in [1.807, 2.05) is 0 Å². The molecule has 3 rings (SSSR count). The minimum absolute atomic E-state index is 0.00701. The second-order valence-corrected chi connectivity index (χ2v) is 7.11. The van der Waals surface area contributed by atoms with Gasteiger partial charge in [-0.3, -0.25) is 14.9 Å². The molecular weight excluding hydrogens is 377 g/mol. The van der Waals surface area contributed by atoms with Gasteiger partial charge in [-0.2, -0.15) is 4.99 Å². The van der Waals surface area contributed by atoms with Gasteiger partial charge in [0, 0.05) is 17.0 Å². The van der Waals surface area contributed by atoms with Gasteiger partial charge in [-0.15, -0.1) is 6.42 Å². The summed E-state index contributed by atoms with van der Waals surface area (Å²) >= 11 is 2.11. The third-order valence-corrected chi connectivity index (χ3v) is 5.33. The minimum Gasteiger partial charge on any atom is -0.305 e. The summed E-state index contributed by atoms with van der Waals surface area (Å²) in [6, 6.07) is 7.18. The van der Waals surface area contributed by atoms with Crippen molar-refractivity contribution in [1.82, 2.24) is 4.57 Å². The molecule has 0 N–H and O–H groups in total. The number of thiophene rings is 1. The largest absolute Gasteiger partial charge is 0.324 e. The Bertz CT molecular complexity index is 1150. The first-order valence-corrected chi connectivity index (χ1v) is 8.84. The molecular formula is C17H10FN3O3S2. The molecule has 9 heteroatoms. The van der Waals surface area contributed by atoms with Gasteiger partial charge in [-0.05, 0) is 30.3 Å². The normalized spacial score (nSPS) is 11.9.